The molecule has 0 saturated heterocycles. The number of hydrogen-bond acceptors (Lipinski definition) is 6. The molecule has 2 aromatic carbocycles. The Bertz CT molecular complexity index is 1670. The fourth-order valence-corrected chi connectivity index (χ4v) is 6.14. The van der Waals surface area contributed by atoms with Gasteiger partial charge in [0.1, 0.15) is 17.2 Å². The molecule has 2 aromatic heterocycles. The van der Waals surface area contributed by atoms with Crippen LogP contribution >= 0.6 is 7.82 Å². The Labute approximate surface area is 220 Å². The molecular weight excluding hydrogens is 533 g/mol. The molecule has 39 heavy (non-hydrogen) atoms. The summed E-state index contributed by atoms with van der Waals surface area (Å²) in [5.74, 6) is 0.213. The standard InChI is InChI=1S/C26H23F2N4O6P/c1-26(2,38-39(34,35)36)21-9-7-14(12-29-21)13-6-8-16-18(10-13)32-19-11-17(23(32)30-16)31-24(33)15-4-3-5-20(22(15)19)37-25(27)28/h3-10,12,17,19,25H,11H2,1-2H3,(H,31,33)(H2,34,35,36)/t17-,19+/m0/s1. The Morgan fingerprint density at radius 3 is 2.62 bits per heavy atom. The zero-order valence-corrected chi connectivity index (χ0v) is 21.6. The number of alkyl halides is 2. The fourth-order valence-electron chi connectivity index (χ4n) is 5.45. The molecule has 202 valence electrons. The number of nitrogens with zero attached hydrogens (tertiary/aromatic N) is 3. The molecule has 2 aliphatic rings. The lowest BCUT2D eigenvalue weighted by Gasteiger charge is -2.24. The number of carbonyl (C=O) groups excluding carboxylic acids is 1. The number of pyridine rings is 1. The first-order valence-electron chi connectivity index (χ1n) is 12.0. The van der Waals surface area contributed by atoms with Gasteiger partial charge >= 0.3 is 14.4 Å². The van der Waals surface area contributed by atoms with E-state index in [1.807, 2.05) is 22.8 Å². The predicted octanol–water partition coefficient (Wildman–Crippen LogP) is 4.82. The van der Waals surface area contributed by atoms with Crippen LogP contribution in [-0.2, 0) is 14.7 Å². The quantitative estimate of drug-likeness (QED) is 0.288. The van der Waals surface area contributed by atoms with Crippen LogP contribution in [0.2, 0.25) is 0 Å². The molecule has 2 bridgehead atoms. The van der Waals surface area contributed by atoms with Gasteiger partial charge in [0, 0.05) is 22.9 Å². The number of amides is 1. The molecule has 1 amide bonds. The number of aromatic nitrogens is 3. The topological polar surface area (TPSA) is 136 Å². The van der Waals surface area contributed by atoms with E-state index in [2.05, 4.69) is 10.3 Å². The first-order valence-corrected chi connectivity index (χ1v) is 13.6. The van der Waals surface area contributed by atoms with Crippen LogP contribution in [0.4, 0.5) is 8.78 Å². The van der Waals surface area contributed by atoms with E-state index >= 15 is 0 Å². The van der Waals surface area contributed by atoms with Gasteiger partial charge in [0.05, 0.1) is 28.8 Å². The average Bonchev–Trinajstić information content (AvgIpc) is 3.34. The summed E-state index contributed by atoms with van der Waals surface area (Å²) in [6.45, 7) is -0.0177. The Morgan fingerprint density at radius 1 is 1.15 bits per heavy atom. The number of nitrogens with one attached hydrogen (secondary N) is 1. The molecule has 0 radical (unpaired) electrons. The van der Waals surface area contributed by atoms with E-state index in [0.29, 0.717) is 29.0 Å². The average molecular weight is 556 g/mol. The third kappa shape index (κ3) is 4.49. The molecule has 0 unspecified atom stereocenters. The maximum atomic E-state index is 13.2. The van der Waals surface area contributed by atoms with Gasteiger partial charge in [0.2, 0.25) is 0 Å². The highest BCUT2D eigenvalue weighted by molar-refractivity contribution is 7.46. The van der Waals surface area contributed by atoms with Crippen molar-refractivity contribution in [3.8, 4) is 16.9 Å². The summed E-state index contributed by atoms with van der Waals surface area (Å²) < 4.78 is 49.5. The van der Waals surface area contributed by atoms with E-state index in [0.717, 1.165) is 16.6 Å². The number of hydrogen-bond donors (Lipinski definition) is 3. The van der Waals surface area contributed by atoms with Crippen molar-refractivity contribution in [3.63, 3.8) is 0 Å². The number of phosphoric ester groups is 1. The van der Waals surface area contributed by atoms with Crippen LogP contribution in [0.25, 0.3) is 22.2 Å². The molecule has 13 heteroatoms. The van der Waals surface area contributed by atoms with Gasteiger partial charge < -0.3 is 24.4 Å². The maximum absolute atomic E-state index is 13.2. The Morgan fingerprint density at radius 2 is 1.92 bits per heavy atom. The van der Waals surface area contributed by atoms with Gasteiger partial charge in [-0.1, -0.05) is 18.2 Å². The molecule has 0 fully saturated rings. The van der Waals surface area contributed by atoms with E-state index in [1.165, 1.54) is 26.0 Å². The van der Waals surface area contributed by atoms with E-state index in [-0.39, 0.29) is 17.2 Å². The van der Waals surface area contributed by atoms with E-state index in [9.17, 15) is 27.9 Å². The van der Waals surface area contributed by atoms with Gasteiger partial charge in [0.25, 0.3) is 5.91 Å². The lowest BCUT2D eigenvalue weighted by Crippen LogP contribution is -2.28. The van der Waals surface area contributed by atoms with Crippen molar-refractivity contribution in [1.82, 2.24) is 19.9 Å². The molecular formula is C26H23F2N4O6P. The second-order valence-corrected chi connectivity index (χ2v) is 11.1. The lowest BCUT2D eigenvalue weighted by atomic mass is 9.97. The van der Waals surface area contributed by atoms with Crippen molar-refractivity contribution in [2.45, 2.75) is 44.6 Å². The Kier molecular flexibility index (Phi) is 5.85. The SMILES string of the molecule is CC(C)(OP(=O)(O)O)c1ccc(-c2ccc3nc4n(c3c2)[C@@H]2C[C@@H]4NC(=O)c3cccc(OC(F)F)c32)cn1. The number of benzene rings is 2. The molecule has 10 nitrogen and oxygen atoms in total. The number of imidazole rings is 1. The van der Waals surface area contributed by atoms with Crippen LogP contribution in [0.3, 0.4) is 0 Å². The number of phosphoric acid groups is 1. The molecule has 0 aliphatic carbocycles. The van der Waals surface area contributed by atoms with Gasteiger partial charge in [-0.3, -0.25) is 14.3 Å². The van der Waals surface area contributed by atoms with Gasteiger partial charge in [-0.05, 0) is 56.2 Å². The number of carbonyl (C=O) groups is 1. The fraction of sp³-hybridized carbons (Fsp3) is 0.269. The smallest absolute Gasteiger partial charge is 0.434 e. The van der Waals surface area contributed by atoms with Crippen molar-refractivity contribution in [3.05, 3.63) is 77.4 Å². The second kappa shape index (κ2) is 8.92. The van der Waals surface area contributed by atoms with Crippen LogP contribution in [0.5, 0.6) is 5.75 Å². The van der Waals surface area contributed by atoms with Gasteiger partial charge in [0.15, 0.2) is 0 Å². The normalized spacial score (nSPS) is 18.6. The van der Waals surface area contributed by atoms with Crippen molar-refractivity contribution < 1.29 is 37.2 Å². The van der Waals surface area contributed by atoms with Crippen LogP contribution in [-0.4, -0.2) is 36.8 Å². The summed E-state index contributed by atoms with van der Waals surface area (Å²) in [4.78, 5) is 40.4. The van der Waals surface area contributed by atoms with Crippen molar-refractivity contribution in [1.29, 1.82) is 0 Å². The number of ether oxygens (including phenoxy) is 1. The van der Waals surface area contributed by atoms with Gasteiger partial charge in [-0.2, -0.15) is 8.78 Å². The minimum Gasteiger partial charge on any atom is -0.434 e. The zero-order chi connectivity index (χ0) is 27.7. The number of fused-ring (bicyclic) bond motifs is 9. The summed E-state index contributed by atoms with van der Waals surface area (Å²) >= 11 is 0. The predicted molar refractivity (Wildman–Crippen MR) is 135 cm³/mol. The molecule has 0 spiro atoms. The highest BCUT2D eigenvalue weighted by Gasteiger charge is 2.42. The van der Waals surface area contributed by atoms with Crippen LogP contribution in [0.1, 0.15) is 59.8 Å². The van der Waals surface area contributed by atoms with Crippen molar-refractivity contribution >= 4 is 24.8 Å². The summed E-state index contributed by atoms with van der Waals surface area (Å²) in [5, 5.41) is 2.96. The second-order valence-electron chi connectivity index (χ2n) is 9.94. The number of rotatable bonds is 6. The van der Waals surface area contributed by atoms with E-state index in [4.69, 9.17) is 14.2 Å². The molecule has 6 rings (SSSR count). The van der Waals surface area contributed by atoms with Crippen molar-refractivity contribution in [2.24, 2.45) is 0 Å². The first kappa shape index (κ1) is 25.6. The van der Waals surface area contributed by atoms with Gasteiger partial charge in [-0.15, -0.1) is 0 Å². The molecule has 0 saturated carbocycles. The summed E-state index contributed by atoms with van der Waals surface area (Å²) in [7, 11) is -4.73. The summed E-state index contributed by atoms with van der Waals surface area (Å²) in [6.07, 6.45) is 2.02. The summed E-state index contributed by atoms with van der Waals surface area (Å²) in [6, 6.07) is 12.7. The molecule has 2 atom stereocenters. The largest absolute Gasteiger partial charge is 0.470 e. The van der Waals surface area contributed by atoms with Crippen LogP contribution in [0, 0.1) is 0 Å². The number of halogens is 2. The maximum Gasteiger partial charge on any atom is 0.470 e. The zero-order valence-electron chi connectivity index (χ0n) is 20.7. The monoisotopic (exact) mass is 556 g/mol. The Balaban J connectivity index is 1.43. The van der Waals surface area contributed by atoms with Gasteiger partial charge in [-0.25, -0.2) is 9.55 Å². The van der Waals surface area contributed by atoms with Crippen molar-refractivity contribution in [2.75, 3.05) is 0 Å². The van der Waals surface area contributed by atoms with E-state index in [1.54, 1.807) is 24.4 Å². The van der Waals surface area contributed by atoms with E-state index < -0.39 is 32.1 Å². The van der Waals surface area contributed by atoms with Crippen LogP contribution < -0.4 is 10.1 Å². The first-order chi connectivity index (χ1) is 18.4. The highest BCUT2D eigenvalue weighted by atomic mass is 31.2. The molecule has 2 aliphatic heterocycles. The molecule has 4 aromatic rings. The lowest BCUT2D eigenvalue weighted by molar-refractivity contribution is -0.0507. The molecule has 3 N–H and O–H groups in total. The highest BCUT2D eigenvalue weighted by Crippen LogP contribution is 2.48. The summed E-state index contributed by atoms with van der Waals surface area (Å²) in [5.41, 5.74) is 2.64. The van der Waals surface area contributed by atoms with Crippen LogP contribution in [0.15, 0.2) is 54.7 Å². The minimum atomic E-state index is -4.73. The third-order valence-electron chi connectivity index (χ3n) is 7.03. The molecule has 4 heterocycles. The minimum absolute atomic E-state index is 0.0471. The third-order valence-corrected chi connectivity index (χ3v) is 7.72. The Hall–Kier alpha value is -3.70.